The highest BCUT2D eigenvalue weighted by Gasteiger charge is 2.23. The second kappa shape index (κ2) is 11.3. The van der Waals surface area contributed by atoms with Gasteiger partial charge in [0.25, 0.3) is 0 Å². The fraction of sp³-hybridized carbons (Fsp3) is 0.219. The number of carboxylic acids is 1. The number of aromatic nitrogens is 3. The molecule has 0 radical (unpaired) electrons. The highest BCUT2D eigenvalue weighted by molar-refractivity contribution is 5.92. The number of benzene rings is 3. The summed E-state index contributed by atoms with van der Waals surface area (Å²) in [4.78, 5) is 20.6. The van der Waals surface area contributed by atoms with Crippen LogP contribution in [0.2, 0.25) is 0 Å². The number of carbonyl (C=O) groups is 1. The average molecular weight is 574 g/mol. The number of nitrogens with zero attached hydrogens (tertiary/aromatic N) is 3. The van der Waals surface area contributed by atoms with Gasteiger partial charge in [0.2, 0.25) is 5.88 Å². The Morgan fingerprint density at radius 2 is 1.81 bits per heavy atom. The standard InChI is InChI=1S/C32H26F3N3O4/c1-18-11-25(34)22(13-24(18)33)17-42-31-4-2-3-27(37-31)20-6-5-19(26(35)12-20)15-30-36-28-8-7-21(32(39)40)14-29(28)38(30)16-23-9-10-41-23/h2-8,11-14,23H,9-10,15-17H2,1H3,(H,39,40)/t23-/m0/s1. The predicted octanol–water partition coefficient (Wildman–Crippen LogP) is 6.48. The summed E-state index contributed by atoms with van der Waals surface area (Å²) in [5.41, 5.74) is 3.07. The van der Waals surface area contributed by atoms with Crippen molar-refractivity contribution in [3.05, 3.63) is 112 Å². The van der Waals surface area contributed by atoms with Gasteiger partial charge in [-0.05, 0) is 66.9 Å². The summed E-state index contributed by atoms with van der Waals surface area (Å²) < 4.78 is 56.6. The van der Waals surface area contributed by atoms with Crippen LogP contribution in [0.15, 0.2) is 66.7 Å². The van der Waals surface area contributed by atoms with Gasteiger partial charge in [-0.25, -0.2) is 27.9 Å². The molecule has 0 amide bonds. The maximum Gasteiger partial charge on any atom is 0.335 e. The van der Waals surface area contributed by atoms with Crippen LogP contribution in [0.5, 0.6) is 5.88 Å². The Bertz CT molecular complexity index is 1820. The Balaban J connectivity index is 1.23. The van der Waals surface area contributed by atoms with E-state index in [1.165, 1.54) is 19.1 Å². The normalized spacial score (nSPS) is 14.6. The lowest BCUT2D eigenvalue weighted by molar-refractivity contribution is -0.0589. The zero-order valence-electron chi connectivity index (χ0n) is 22.6. The third kappa shape index (κ3) is 5.58. The summed E-state index contributed by atoms with van der Waals surface area (Å²) in [5.74, 6) is -1.80. The van der Waals surface area contributed by atoms with Gasteiger partial charge >= 0.3 is 5.97 Å². The van der Waals surface area contributed by atoms with Crippen LogP contribution >= 0.6 is 0 Å². The molecule has 1 fully saturated rings. The number of hydrogen-bond acceptors (Lipinski definition) is 5. The van der Waals surface area contributed by atoms with Gasteiger partial charge in [0.1, 0.15) is 29.9 Å². The molecule has 10 heteroatoms. The number of aryl methyl sites for hydroxylation is 1. The molecule has 7 nitrogen and oxygen atoms in total. The second-order valence-corrected chi connectivity index (χ2v) is 10.3. The summed E-state index contributed by atoms with van der Waals surface area (Å²) in [6, 6.07) is 16.7. The Morgan fingerprint density at radius 1 is 1.00 bits per heavy atom. The number of ether oxygens (including phenoxy) is 2. The molecule has 3 aromatic carbocycles. The quantitative estimate of drug-likeness (QED) is 0.217. The molecular formula is C32H26F3N3O4. The highest BCUT2D eigenvalue weighted by Crippen LogP contribution is 2.27. The largest absolute Gasteiger partial charge is 0.478 e. The fourth-order valence-electron chi connectivity index (χ4n) is 4.90. The third-order valence-electron chi connectivity index (χ3n) is 7.38. The van der Waals surface area contributed by atoms with E-state index in [0.717, 1.165) is 18.6 Å². The van der Waals surface area contributed by atoms with E-state index < -0.39 is 23.4 Å². The van der Waals surface area contributed by atoms with Gasteiger partial charge < -0.3 is 19.1 Å². The minimum Gasteiger partial charge on any atom is -0.478 e. The first-order chi connectivity index (χ1) is 20.2. The molecule has 42 heavy (non-hydrogen) atoms. The molecule has 1 N–H and O–H groups in total. The SMILES string of the molecule is Cc1cc(F)c(COc2cccc(-c3ccc(Cc4nc5ccc(C(=O)O)cc5n4C[C@@H]4CCO4)c(F)c3)n2)cc1F. The Labute approximate surface area is 239 Å². The molecule has 214 valence electrons. The summed E-state index contributed by atoms with van der Waals surface area (Å²) >= 11 is 0. The number of fused-ring (bicyclic) bond motifs is 1. The lowest BCUT2D eigenvalue weighted by Crippen LogP contribution is -2.31. The molecule has 1 aliphatic heterocycles. The lowest BCUT2D eigenvalue weighted by atomic mass is 10.1. The van der Waals surface area contributed by atoms with Crippen LogP contribution < -0.4 is 4.74 Å². The first-order valence-electron chi connectivity index (χ1n) is 13.4. The van der Waals surface area contributed by atoms with Crippen molar-refractivity contribution in [1.29, 1.82) is 0 Å². The molecule has 2 aromatic heterocycles. The monoisotopic (exact) mass is 573 g/mol. The number of imidazole rings is 1. The van der Waals surface area contributed by atoms with Crippen LogP contribution in [0, 0.1) is 24.4 Å². The van der Waals surface area contributed by atoms with E-state index in [4.69, 9.17) is 9.47 Å². The van der Waals surface area contributed by atoms with Crippen molar-refractivity contribution in [2.75, 3.05) is 6.61 Å². The van der Waals surface area contributed by atoms with Crippen LogP contribution in [0.4, 0.5) is 13.2 Å². The summed E-state index contributed by atoms with van der Waals surface area (Å²) in [5, 5.41) is 9.46. The average Bonchev–Trinajstić information content (AvgIpc) is 3.29. The van der Waals surface area contributed by atoms with Crippen molar-refractivity contribution in [3.63, 3.8) is 0 Å². The Kier molecular flexibility index (Phi) is 7.38. The van der Waals surface area contributed by atoms with Crippen molar-refractivity contribution in [1.82, 2.24) is 14.5 Å². The van der Waals surface area contributed by atoms with Crippen LogP contribution in [0.25, 0.3) is 22.3 Å². The van der Waals surface area contributed by atoms with Gasteiger partial charge in [0.15, 0.2) is 0 Å². The fourth-order valence-corrected chi connectivity index (χ4v) is 4.90. The Morgan fingerprint density at radius 3 is 2.55 bits per heavy atom. The van der Waals surface area contributed by atoms with E-state index in [0.29, 0.717) is 46.8 Å². The zero-order valence-corrected chi connectivity index (χ0v) is 22.6. The lowest BCUT2D eigenvalue weighted by Gasteiger charge is -2.27. The van der Waals surface area contributed by atoms with Gasteiger partial charge in [-0.15, -0.1) is 0 Å². The van der Waals surface area contributed by atoms with Gasteiger partial charge in [-0.3, -0.25) is 0 Å². The summed E-state index contributed by atoms with van der Waals surface area (Å²) in [6.45, 7) is 2.43. The topological polar surface area (TPSA) is 86.5 Å². The first-order valence-corrected chi connectivity index (χ1v) is 13.4. The van der Waals surface area contributed by atoms with Crippen molar-refractivity contribution in [2.24, 2.45) is 0 Å². The first kappa shape index (κ1) is 27.5. The van der Waals surface area contributed by atoms with E-state index >= 15 is 4.39 Å². The van der Waals surface area contributed by atoms with Gasteiger partial charge in [0, 0.05) is 30.2 Å². The third-order valence-corrected chi connectivity index (χ3v) is 7.38. The van der Waals surface area contributed by atoms with Crippen LogP contribution in [0.1, 0.15) is 39.3 Å². The molecule has 3 heterocycles. The Hall–Kier alpha value is -4.70. The second-order valence-electron chi connectivity index (χ2n) is 10.3. The molecule has 0 unspecified atom stereocenters. The number of halogens is 3. The summed E-state index contributed by atoms with van der Waals surface area (Å²) in [7, 11) is 0. The van der Waals surface area contributed by atoms with E-state index in [1.54, 1.807) is 42.5 Å². The molecule has 0 bridgehead atoms. The number of pyridine rings is 1. The van der Waals surface area contributed by atoms with Crippen molar-refractivity contribution in [3.8, 4) is 17.1 Å². The van der Waals surface area contributed by atoms with Crippen LogP contribution in [-0.2, 0) is 24.3 Å². The van der Waals surface area contributed by atoms with E-state index in [9.17, 15) is 18.7 Å². The maximum atomic E-state index is 15.4. The van der Waals surface area contributed by atoms with Crippen LogP contribution in [0.3, 0.4) is 0 Å². The molecule has 1 atom stereocenters. The van der Waals surface area contributed by atoms with Crippen LogP contribution in [-0.4, -0.2) is 38.3 Å². The van der Waals surface area contributed by atoms with Crippen molar-refractivity contribution >= 4 is 17.0 Å². The molecule has 0 aliphatic carbocycles. The van der Waals surface area contributed by atoms with E-state index in [-0.39, 0.29) is 41.7 Å². The number of aromatic carboxylic acids is 1. The van der Waals surface area contributed by atoms with Gasteiger partial charge in [-0.1, -0.05) is 18.2 Å². The highest BCUT2D eigenvalue weighted by atomic mass is 19.1. The minimum absolute atomic E-state index is 0.0102. The number of rotatable bonds is 9. The molecular weight excluding hydrogens is 547 g/mol. The smallest absolute Gasteiger partial charge is 0.335 e. The van der Waals surface area contributed by atoms with Crippen molar-refractivity contribution < 1.29 is 32.5 Å². The van der Waals surface area contributed by atoms with Gasteiger partial charge in [-0.2, -0.15) is 0 Å². The maximum absolute atomic E-state index is 15.4. The predicted molar refractivity (Wildman–Crippen MR) is 149 cm³/mol. The summed E-state index contributed by atoms with van der Waals surface area (Å²) in [6.07, 6.45) is 1.06. The minimum atomic E-state index is -1.04. The molecule has 1 aliphatic rings. The molecule has 6 rings (SSSR count). The molecule has 0 spiro atoms. The number of hydrogen-bond donors (Lipinski definition) is 1. The van der Waals surface area contributed by atoms with Crippen molar-refractivity contribution in [2.45, 2.75) is 39.0 Å². The zero-order chi connectivity index (χ0) is 29.4. The molecule has 0 saturated carbocycles. The van der Waals surface area contributed by atoms with E-state index in [1.807, 2.05) is 4.57 Å². The number of carboxylic acid groups (broad SMARTS) is 1. The molecule has 5 aromatic rings. The molecule has 1 saturated heterocycles. The van der Waals surface area contributed by atoms with E-state index in [2.05, 4.69) is 9.97 Å². The van der Waals surface area contributed by atoms with Gasteiger partial charge in [0.05, 0.1) is 34.9 Å².